The molecule has 1 heterocycles. The molecule has 0 aliphatic heterocycles. The lowest BCUT2D eigenvalue weighted by Crippen LogP contribution is -1.93. The summed E-state index contributed by atoms with van der Waals surface area (Å²) in [6.45, 7) is 4.14. The monoisotopic (exact) mass is 351 g/mol. The van der Waals surface area contributed by atoms with Gasteiger partial charge in [0, 0.05) is 9.86 Å². The number of rotatable bonds is 1. The van der Waals surface area contributed by atoms with Gasteiger partial charge in [0.15, 0.2) is 0 Å². The molecule has 1 aromatic heterocycles. The predicted octanol–water partition coefficient (Wildman–Crippen LogP) is 6.08. The lowest BCUT2D eigenvalue weighted by Gasteiger charge is -2.11. The van der Waals surface area contributed by atoms with Gasteiger partial charge in [0.05, 0.1) is 15.6 Å². The van der Waals surface area contributed by atoms with Gasteiger partial charge in [0.25, 0.3) is 0 Å². The van der Waals surface area contributed by atoms with Crippen LogP contribution in [0.2, 0.25) is 15.2 Å². The second kappa shape index (κ2) is 4.93. The Balaban J connectivity index is 2.84. The van der Waals surface area contributed by atoms with E-state index in [1.807, 2.05) is 12.1 Å². The minimum atomic E-state index is 0.313. The summed E-state index contributed by atoms with van der Waals surface area (Å²) in [4.78, 5) is 4.33. The Morgan fingerprint density at radius 1 is 1.12 bits per heavy atom. The first-order valence-electron chi connectivity index (χ1n) is 5.05. The molecule has 0 saturated heterocycles. The number of fused-ring (bicyclic) bond motifs is 1. The molecule has 5 heteroatoms. The van der Waals surface area contributed by atoms with Gasteiger partial charge in [0.2, 0.25) is 0 Å². The Morgan fingerprint density at radius 2 is 1.76 bits per heavy atom. The zero-order chi connectivity index (χ0) is 12.7. The van der Waals surface area contributed by atoms with E-state index in [1.165, 1.54) is 0 Å². The Bertz CT molecular complexity index is 596. The number of benzene rings is 1. The maximum atomic E-state index is 6.15. The fourth-order valence-corrected chi connectivity index (χ4v) is 2.94. The van der Waals surface area contributed by atoms with Gasteiger partial charge in [-0.1, -0.05) is 48.7 Å². The molecule has 1 nitrogen and oxygen atoms in total. The maximum Gasteiger partial charge on any atom is 0.133 e. The molecule has 2 aromatic rings. The van der Waals surface area contributed by atoms with Gasteiger partial charge in [0.1, 0.15) is 5.15 Å². The first-order valence-corrected chi connectivity index (χ1v) is 6.98. The van der Waals surface area contributed by atoms with Crippen LogP contribution in [0, 0.1) is 0 Å². The van der Waals surface area contributed by atoms with Crippen molar-refractivity contribution in [2.45, 2.75) is 19.8 Å². The van der Waals surface area contributed by atoms with Crippen LogP contribution in [-0.4, -0.2) is 4.98 Å². The fourth-order valence-electron chi connectivity index (χ4n) is 1.62. The fraction of sp³-hybridized carbons (Fsp3) is 0.250. The topological polar surface area (TPSA) is 12.9 Å². The summed E-state index contributed by atoms with van der Waals surface area (Å²) in [5.41, 5.74) is 1.64. The third-order valence-electron chi connectivity index (χ3n) is 2.55. The first-order chi connectivity index (χ1) is 7.91. The molecule has 0 spiro atoms. The van der Waals surface area contributed by atoms with E-state index >= 15 is 0 Å². The molecule has 0 amide bonds. The second-order valence-corrected chi connectivity index (χ2v) is 6.05. The van der Waals surface area contributed by atoms with E-state index in [0.717, 1.165) is 15.4 Å². The van der Waals surface area contributed by atoms with Crippen LogP contribution in [0.5, 0.6) is 0 Å². The van der Waals surface area contributed by atoms with Crippen molar-refractivity contribution in [3.63, 3.8) is 0 Å². The molecule has 0 saturated carbocycles. The molecule has 17 heavy (non-hydrogen) atoms. The molecule has 2 rings (SSSR count). The van der Waals surface area contributed by atoms with Crippen molar-refractivity contribution in [1.82, 2.24) is 4.98 Å². The zero-order valence-corrected chi connectivity index (χ0v) is 13.0. The van der Waals surface area contributed by atoms with Crippen molar-refractivity contribution in [2.24, 2.45) is 0 Å². The number of hydrogen-bond donors (Lipinski definition) is 0. The maximum absolute atomic E-state index is 6.15. The van der Waals surface area contributed by atoms with Gasteiger partial charge in [-0.05, 0) is 39.5 Å². The molecular weight excluding hydrogens is 344 g/mol. The van der Waals surface area contributed by atoms with Crippen LogP contribution >= 0.6 is 50.7 Å². The quantitative estimate of drug-likeness (QED) is 0.447. The summed E-state index contributed by atoms with van der Waals surface area (Å²) in [5, 5.41) is 2.29. The lowest BCUT2D eigenvalue weighted by molar-refractivity contribution is 0.862. The third-order valence-corrected chi connectivity index (χ3v) is 4.56. The second-order valence-electron chi connectivity index (χ2n) is 4.08. The van der Waals surface area contributed by atoms with Crippen LogP contribution in [0.25, 0.3) is 10.9 Å². The Morgan fingerprint density at radius 3 is 2.35 bits per heavy atom. The number of hydrogen-bond acceptors (Lipinski definition) is 1. The molecule has 1 aromatic carbocycles. The minimum Gasteiger partial charge on any atom is -0.234 e. The highest BCUT2D eigenvalue weighted by atomic mass is 79.9. The van der Waals surface area contributed by atoms with Crippen LogP contribution in [0.15, 0.2) is 16.6 Å². The first kappa shape index (κ1) is 13.4. The Hall–Kier alpha value is -0.0200. The number of halogens is 4. The third kappa shape index (κ3) is 2.41. The Kier molecular flexibility index (Phi) is 3.89. The zero-order valence-electron chi connectivity index (χ0n) is 9.19. The highest BCUT2D eigenvalue weighted by Gasteiger charge is 2.14. The van der Waals surface area contributed by atoms with E-state index < -0.39 is 0 Å². The van der Waals surface area contributed by atoms with Crippen molar-refractivity contribution in [3.8, 4) is 0 Å². The van der Waals surface area contributed by atoms with Gasteiger partial charge in [-0.25, -0.2) is 4.98 Å². The smallest absolute Gasteiger partial charge is 0.133 e. The van der Waals surface area contributed by atoms with E-state index in [-0.39, 0.29) is 0 Å². The van der Waals surface area contributed by atoms with Crippen LogP contribution in [-0.2, 0) is 0 Å². The summed E-state index contributed by atoms with van der Waals surface area (Å²) in [7, 11) is 0. The van der Waals surface area contributed by atoms with Crippen LogP contribution in [0.1, 0.15) is 25.3 Å². The highest BCUT2D eigenvalue weighted by Crippen LogP contribution is 2.38. The molecule has 0 aliphatic carbocycles. The normalized spacial score (nSPS) is 11.5. The van der Waals surface area contributed by atoms with Gasteiger partial charge in [-0.15, -0.1) is 0 Å². The summed E-state index contributed by atoms with van der Waals surface area (Å²) < 4.78 is 0.760. The van der Waals surface area contributed by atoms with Gasteiger partial charge >= 0.3 is 0 Å². The molecule has 0 N–H and O–H groups in total. The van der Waals surface area contributed by atoms with E-state index in [0.29, 0.717) is 26.6 Å². The van der Waals surface area contributed by atoms with Crippen LogP contribution in [0.3, 0.4) is 0 Å². The largest absolute Gasteiger partial charge is 0.234 e. The summed E-state index contributed by atoms with van der Waals surface area (Å²) in [6.07, 6.45) is 0. The Labute approximate surface area is 123 Å². The number of nitrogens with zero attached hydrogens (tertiary/aromatic N) is 1. The lowest BCUT2D eigenvalue weighted by atomic mass is 10.0. The molecule has 0 bridgehead atoms. The standard InChI is InChI=1S/C12H9BrCl3N/c1-5(2)7-3-6-4-8(13)9(14)10(15)11(6)17-12(7)16/h3-5H,1-2H3. The van der Waals surface area contributed by atoms with Crippen molar-refractivity contribution in [1.29, 1.82) is 0 Å². The summed E-state index contributed by atoms with van der Waals surface area (Å²) in [6, 6.07) is 3.90. The number of aromatic nitrogens is 1. The van der Waals surface area contributed by atoms with Crippen LogP contribution < -0.4 is 0 Å². The minimum absolute atomic E-state index is 0.313. The molecule has 0 radical (unpaired) electrons. The molecule has 90 valence electrons. The SMILES string of the molecule is CC(C)c1cc2cc(Br)c(Cl)c(Cl)c2nc1Cl. The number of pyridine rings is 1. The average molecular weight is 353 g/mol. The van der Waals surface area contributed by atoms with Crippen LogP contribution in [0.4, 0.5) is 0 Å². The van der Waals surface area contributed by atoms with Crippen molar-refractivity contribution >= 4 is 61.6 Å². The van der Waals surface area contributed by atoms with E-state index in [4.69, 9.17) is 34.8 Å². The van der Waals surface area contributed by atoms with Crippen molar-refractivity contribution in [2.75, 3.05) is 0 Å². The molecule has 0 unspecified atom stereocenters. The van der Waals surface area contributed by atoms with Crippen molar-refractivity contribution in [3.05, 3.63) is 37.4 Å². The molecule has 0 fully saturated rings. The molecule has 0 aliphatic rings. The van der Waals surface area contributed by atoms with E-state index in [9.17, 15) is 0 Å². The molecule has 0 atom stereocenters. The highest BCUT2D eigenvalue weighted by molar-refractivity contribution is 9.10. The van der Waals surface area contributed by atoms with Gasteiger partial charge < -0.3 is 0 Å². The summed E-state index contributed by atoms with van der Waals surface area (Å²) in [5.74, 6) is 0.313. The van der Waals surface area contributed by atoms with Gasteiger partial charge in [-0.2, -0.15) is 0 Å². The predicted molar refractivity (Wildman–Crippen MR) is 78.6 cm³/mol. The van der Waals surface area contributed by atoms with E-state index in [1.54, 1.807) is 0 Å². The van der Waals surface area contributed by atoms with Crippen molar-refractivity contribution < 1.29 is 0 Å². The van der Waals surface area contributed by atoms with Gasteiger partial charge in [-0.3, -0.25) is 0 Å². The average Bonchev–Trinajstić information content (AvgIpc) is 2.26. The summed E-state index contributed by atoms with van der Waals surface area (Å²) >= 11 is 21.7. The van der Waals surface area contributed by atoms with E-state index in [2.05, 4.69) is 34.8 Å². The molecular formula is C12H9BrCl3N.